The van der Waals surface area contributed by atoms with Crippen LogP contribution < -0.4 is 11.5 Å². The highest BCUT2D eigenvalue weighted by Gasteiger charge is 2.17. The molecule has 4 N–H and O–H groups in total. The van der Waals surface area contributed by atoms with E-state index in [1.54, 1.807) is 0 Å². The van der Waals surface area contributed by atoms with Gasteiger partial charge in [0, 0.05) is 11.7 Å². The summed E-state index contributed by atoms with van der Waals surface area (Å²) in [5, 5.41) is 0. The minimum absolute atomic E-state index is 0.241. The number of anilines is 1. The van der Waals surface area contributed by atoms with Crippen molar-refractivity contribution in [3.8, 4) is 0 Å². The van der Waals surface area contributed by atoms with Crippen LogP contribution in [0, 0.1) is 0 Å². The summed E-state index contributed by atoms with van der Waals surface area (Å²) in [6.45, 7) is 0. The first kappa shape index (κ1) is 6.68. The fraction of sp³-hybridized carbons (Fsp3) is 0.333. The Morgan fingerprint density at radius 1 is 1.36 bits per heavy atom. The van der Waals surface area contributed by atoms with E-state index in [1.165, 1.54) is 11.1 Å². The third kappa shape index (κ3) is 0.994. The molecule has 0 bridgehead atoms. The molecule has 2 rings (SSSR count). The van der Waals surface area contributed by atoms with Gasteiger partial charge in [-0.05, 0) is 36.1 Å². The van der Waals surface area contributed by atoms with Crippen LogP contribution >= 0.6 is 0 Å². The molecule has 0 aliphatic heterocycles. The van der Waals surface area contributed by atoms with Gasteiger partial charge in [0.25, 0.3) is 0 Å². The number of hydrogen-bond acceptors (Lipinski definition) is 2. The molecule has 1 aromatic rings. The van der Waals surface area contributed by atoms with Gasteiger partial charge in [-0.15, -0.1) is 0 Å². The van der Waals surface area contributed by atoms with Gasteiger partial charge in [0.2, 0.25) is 0 Å². The van der Waals surface area contributed by atoms with Gasteiger partial charge >= 0.3 is 0 Å². The summed E-state index contributed by atoms with van der Waals surface area (Å²) in [5.41, 5.74) is 14.9. The summed E-state index contributed by atoms with van der Waals surface area (Å²) in [6.07, 6.45) is 2.15. The predicted octanol–water partition coefficient (Wildman–Crippen LogP) is 1.21. The van der Waals surface area contributed by atoms with Crippen molar-refractivity contribution in [3.63, 3.8) is 0 Å². The van der Waals surface area contributed by atoms with Crippen LogP contribution in [0.2, 0.25) is 0 Å². The van der Waals surface area contributed by atoms with Crippen LogP contribution in [0.25, 0.3) is 0 Å². The normalized spacial score (nSPS) is 21.7. The third-order valence-electron chi connectivity index (χ3n) is 2.29. The van der Waals surface area contributed by atoms with E-state index in [0.717, 1.165) is 18.5 Å². The first-order valence-electron chi connectivity index (χ1n) is 3.91. The number of fused-ring (bicyclic) bond motifs is 1. The Morgan fingerprint density at radius 3 is 3.00 bits per heavy atom. The molecule has 1 atom stereocenters. The molecule has 1 aromatic carbocycles. The van der Waals surface area contributed by atoms with E-state index < -0.39 is 0 Å². The lowest BCUT2D eigenvalue weighted by molar-refractivity contribution is 0.713. The molecule has 0 radical (unpaired) electrons. The topological polar surface area (TPSA) is 52.0 Å². The van der Waals surface area contributed by atoms with Crippen LogP contribution in [0.1, 0.15) is 23.6 Å². The molecule has 1 aliphatic carbocycles. The van der Waals surface area contributed by atoms with Crippen molar-refractivity contribution < 1.29 is 0 Å². The van der Waals surface area contributed by atoms with Crippen molar-refractivity contribution in [2.45, 2.75) is 18.9 Å². The summed E-state index contributed by atoms with van der Waals surface area (Å²) < 4.78 is 0. The fourth-order valence-electron chi connectivity index (χ4n) is 1.67. The Morgan fingerprint density at radius 2 is 2.18 bits per heavy atom. The molecule has 0 spiro atoms. The van der Waals surface area contributed by atoms with Crippen molar-refractivity contribution in [2.24, 2.45) is 5.73 Å². The first-order valence-corrected chi connectivity index (χ1v) is 3.91. The van der Waals surface area contributed by atoms with Crippen molar-refractivity contribution in [1.82, 2.24) is 0 Å². The second kappa shape index (κ2) is 2.24. The molecular formula is C9H12N2. The molecule has 0 saturated heterocycles. The maximum absolute atomic E-state index is 5.86. The Bertz CT molecular complexity index is 281. The van der Waals surface area contributed by atoms with Crippen LogP contribution in [-0.4, -0.2) is 0 Å². The highest BCUT2D eigenvalue weighted by atomic mass is 14.6. The molecule has 0 saturated carbocycles. The lowest BCUT2D eigenvalue weighted by Gasteiger charge is -2.03. The van der Waals surface area contributed by atoms with Gasteiger partial charge in [-0.2, -0.15) is 0 Å². The van der Waals surface area contributed by atoms with Gasteiger partial charge in [-0.1, -0.05) is 6.07 Å². The summed E-state index contributed by atoms with van der Waals surface area (Å²) in [7, 11) is 0. The molecule has 0 amide bonds. The van der Waals surface area contributed by atoms with Crippen LogP contribution in [0.15, 0.2) is 18.2 Å². The maximum atomic E-state index is 5.86. The Hall–Kier alpha value is -1.02. The van der Waals surface area contributed by atoms with E-state index in [0.29, 0.717) is 0 Å². The maximum Gasteiger partial charge on any atom is 0.0316 e. The number of aryl methyl sites for hydroxylation is 1. The van der Waals surface area contributed by atoms with Gasteiger partial charge in [0.1, 0.15) is 0 Å². The molecule has 2 heteroatoms. The zero-order chi connectivity index (χ0) is 7.84. The Kier molecular flexibility index (Phi) is 1.36. The molecule has 1 aliphatic rings. The van der Waals surface area contributed by atoms with E-state index in [-0.39, 0.29) is 6.04 Å². The average molecular weight is 148 g/mol. The first-order chi connectivity index (χ1) is 5.27. The standard InChI is InChI=1S/C9H12N2/c10-7-2-3-8-6(5-7)1-4-9(8)11/h2-3,5,9H,1,4,10-11H2/t9-/m1/s1. The molecule has 0 fully saturated rings. The summed E-state index contributed by atoms with van der Waals surface area (Å²) in [4.78, 5) is 0. The molecule has 58 valence electrons. The predicted molar refractivity (Wildman–Crippen MR) is 46.1 cm³/mol. The molecule has 0 aromatic heterocycles. The van der Waals surface area contributed by atoms with Crippen molar-refractivity contribution in [1.29, 1.82) is 0 Å². The summed E-state index contributed by atoms with van der Waals surface area (Å²) in [5.74, 6) is 0. The summed E-state index contributed by atoms with van der Waals surface area (Å²) >= 11 is 0. The third-order valence-corrected chi connectivity index (χ3v) is 2.29. The fourth-order valence-corrected chi connectivity index (χ4v) is 1.67. The van der Waals surface area contributed by atoms with Crippen molar-refractivity contribution >= 4 is 5.69 Å². The molecule has 2 nitrogen and oxygen atoms in total. The number of rotatable bonds is 0. The average Bonchev–Trinajstić information content (AvgIpc) is 2.32. The van der Waals surface area contributed by atoms with E-state index >= 15 is 0 Å². The minimum atomic E-state index is 0.241. The highest BCUT2D eigenvalue weighted by molar-refractivity contribution is 5.47. The number of nitrogen functional groups attached to an aromatic ring is 1. The molecule has 0 unspecified atom stereocenters. The van der Waals surface area contributed by atoms with Crippen molar-refractivity contribution in [3.05, 3.63) is 29.3 Å². The zero-order valence-corrected chi connectivity index (χ0v) is 6.38. The van der Waals surface area contributed by atoms with Crippen LogP contribution in [0.4, 0.5) is 5.69 Å². The van der Waals surface area contributed by atoms with E-state index in [2.05, 4.69) is 0 Å². The van der Waals surface area contributed by atoms with E-state index in [9.17, 15) is 0 Å². The molecule has 0 heterocycles. The monoisotopic (exact) mass is 148 g/mol. The van der Waals surface area contributed by atoms with Crippen molar-refractivity contribution in [2.75, 3.05) is 5.73 Å². The lowest BCUT2D eigenvalue weighted by atomic mass is 10.1. The SMILES string of the molecule is Nc1ccc2c(c1)CC[C@H]2N. The van der Waals surface area contributed by atoms with Crippen LogP contribution in [-0.2, 0) is 6.42 Å². The number of hydrogen-bond donors (Lipinski definition) is 2. The van der Waals surface area contributed by atoms with Crippen LogP contribution in [0.5, 0.6) is 0 Å². The van der Waals surface area contributed by atoms with Gasteiger partial charge < -0.3 is 11.5 Å². The van der Waals surface area contributed by atoms with E-state index in [1.807, 2.05) is 18.2 Å². The zero-order valence-electron chi connectivity index (χ0n) is 6.38. The highest BCUT2D eigenvalue weighted by Crippen LogP contribution is 2.30. The number of benzene rings is 1. The number of nitrogens with two attached hydrogens (primary N) is 2. The molecule has 11 heavy (non-hydrogen) atoms. The second-order valence-electron chi connectivity index (χ2n) is 3.10. The van der Waals surface area contributed by atoms with Crippen LogP contribution in [0.3, 0.4) is 0 Å². The smallest absolute Gasteiger partial charge is 0.0316 e. The molecular weight excluding hydrogens is 136 g/mol. The van der Waals surface area contributed by atoms with Gasteiger partial charge in [0.05, 0.1) is 0 Å². The van der Waals surface area contributed by atoms with Gasteiger partial charge in [0.15, 0.2) is 0 Å². The largest absolute Gasteiger partial charge is 0.399 e. The van der Waals surface area contributed by atoms with Gasteiger partial charge in [-0.25, -0.2) is 0 Å². The summed E-state index contributed by atoms with van der Waals surface area (Å²) in [6, 6.07) is 6.24. The quantitative estimate of drug-likeness (QED) is 0.543. The minimum Gasteiger partial charge on any atom is -0.399 e. The lowest BCUT2D eigenvalue weighted by Crippen LogP contribution is -2.04. The van der Waals surface area contributed by atoms with Gasteiger partial charge in [-0.3, -0.25) is 0 Å². The second-order valence-corrected chi connectivity index (χ2v) is 3.10. The Balaban J connectivity index is 2.50. The van der Waals surface area contributed by atoms with E-state index in [4.69, 9.17) is 11.5 Å². The Labute approximate surface area is 66.2 Å².